The Balaban J connectivity index is 2.31. The van der Waals surface area contributed by atoms with Crippen LogP contribution in [0, 0.1) is 19.8 Å². The molecule has 1 aromatic carbocycles. The Morgan fingerprint density at radius 1 is 1.21 bits per heavy atom. The number of nitrogens with two attached hydrogens (primary N) is 1. The summed E-state index contributed by atoms with van der Waals surface area (Å²) in [6.45, 7) is 11.1. The van der Waals surface area contributed by atoms with Crippen molar-refractivity contribution in [2.24, 2.45) is 11.7 Å². The fraction of sp³-hybridized carbons (Fsp3) is 0.647. The summed E-state index contributed by atoms with van der Waals surface area (Å²) in [5, 5.41) is 0. The van der Waals surface area contributed by atoms with Crippen molar-refractivity contribution in [1.82, 2.24) is 0 Å². The van der Waals surface area contributed by atoms with Crippen molar-refractivity contribution in [3.8, 4) is 0 Å². The Bertz CT molecular complexity index is 415. The van der Waals surface area contributed by atoms with Gasteiger partial charge in [0.25, 0.3) is 0 Å². The van der Waals surface area contributed by atoms with Gasteiger partial charge in [0.05, 0.1) is 0 Å². The summed E-state index contributed by atoms with van der Waals surface area (Å²) in [6.07, 6.45) is 3.72. The van der Waals surface area contributed by atoms with Gasteiger partial charge >= 0.3 is 0 Å². The molecule has 1 fully saturated rings. The summed E-state index contributed by atoms with van der Waals surface area (Å²) in [6, 6.07) is 6.89. The number of nitrogens with zero attached hydrogens (tertiary/aromatic N) is 1. The summed E-state index contributed by atoms with van der Waals surface area (Å²) in [5.41, 5.74) is 10.1. The van der Waals surface area contributed by atoms with Crippen molar-refractivity contribution < 1.29 is 0 Å². The first-order chi connectivity index (χ1) is 8.95. The lowest BCUT2D eigenvalue weighted by atomic mass is 9.76. The second-order valence-electron chi connectivity index (χ2n) is 6.57. The van der Waals surface area contributed by atoms with Crippen LogP contribution >= 0.6 is 0 Å². The van der Waals surface area contributed by atoms with Crippen LogP contribution in [0.1, 0.15) is 44.2 Å². The van der Waals surface area contributed by atoms with Crippen LogP contribution in [0.2, 0.25) is 0 Å². The molecule has 1 heterocycles. The molecule has 2 N–H and O–H groups in total. The molecule has 0 saturated carbocycles. The van der Waals surface area contributed by atoms with Crippen molar-refractivity contribution in [3.05, 3.63) is 29.3 Å². The predicted molar refractivity (Wildman–Crippen MR) is 83.7 cm³/mol. The topological polar surface area (TPSA) is 29.3 Å². The molecule has 1 atom stereocenters. The summed E-state index contributed by atoms with van der Waals surface area (Å²) >= 11 is 0. The lowest BCUT2D eigenvalue weighted by Gasteiger charge is -2.50. The molecule has 0 radical (unpaired) electrons. The van der Waals surface area contributed by atoms with E-state index in [0.29, 0.717) is 5.92 Å². The van der Waals surface area contributed by atoms with Crippen molar-refractivity contribution >= 4 is 5.69 Å². The Morgan fingerprint density at radius 3 is 2.42 bits per heavy atom. The van der Waals surface area contributed by atoms with Crippen LogP contribution in [0.4, 0.5) is 5.69 Å². The second kappa shape index (κ2) is 5.54. The zero-order chi connectivity index (χ0) is 14.0. The van der Waals surface area contributed by atoms with E-state index in [1.807, 2.05) is 0 Å². The van der Waals surface area contributed by atoms with Crippen LogP contribution in [-0.4, -0.2) is 18.6 Å². The highest BCUT2D eigenvalue weighted by molar-refractivity contribution is 5.53. The SMILES string of the molecule is Cc1cc(C)cc(N2CCCC(CCN)C2(C)C)c1. The lowest BCUT2D eigenvalue weighted by Crippen LogP contribution is -2.54. The van der Waals surface area contributed by atoms with Gasteiger partial charge in [-0.05, 0) is 82.7 Å². The van der Waals surface area contributed by atoms with Gasteiger partial charge in [0.1, 0.15) is 0 Å². The summed E-state index contributed by atoms with van der Waals surface area (Å²) in [5.74, 6) is 0.701. The molecule has 0 aromatic heterocycles. The monoisotopic (exact) mass is 260 g/mol. The van der Waals surface area contributed by atoms with Gasteiger partial charge in [0, 0.05) is 17.8 Å². The molecule has 0 bridgehead atoms. The van der Waals surface area contributed by atoms with Gasteiger partial charge in [-0.1, -0.05) is 6.07 Å². The number of hydrogen-bond donors (Lipinski definition) is 1. The Hall–Kier alpha value is -1.02. The maximum absolute atomic E-state index is 5.79. The standard InChI is InChI=1S/C17H28N2/c1-13-10-14(2)12-16(11-13)19-9-5-6-15(7-8-18)17(19,3)4/h10-12,15H,5-9,18H2,1-4H3. The van der Waals surface area contributed by atoms with Crippen molar-refractivity contribution in [3.63, 3.8) is 0 Å². The van der Waals surface area contributed by atoms with Crippen LogP contribution in [-0.2, 0) is 0 Å². The molecule has 2 heteroatoms. The van der Waals surface area contributed by atoms with Gasteiger partial charge in [-0.15, -0.1) is 0 Å². The van der Waals surface area contributed by atoms with Crippen LogP contribution in [0.3, 0.4) is 0 Å². The third-order valence-electron chi connectivity index (χ3n) is 4.66. The molecule has 2 nitrogen and oxygen atoms in total. The van der Waals surface area contributed by atoms with Gasteiger partial charge in [-0.3, -0.25) is 0 Å². The van der Waals surface area contributed by atoms with E-state index >= 15 is 0 Å². The van der Waals surface area contributed by atoms with E-state index in [1.165, 1.54) is 29.7 Å². The molecule has 19 heavy (non-hydrogen) atoms. The molecule has 2 rings (SSSR count). The quantitative estimate of drug-likeness (QED) is 0.899. The van der Waals surface area contributed by atoms with Crippen LogP contribution < -0.4 is 10.6 Å². The molecule has 106 valence electrons. The highest BCUT2D eigenvalue weighted by Gasteiger charge is 2.37. The Morgan fingerprint density at radius 2 is 1.84 bits per heavy atom. The third kappa shape index (κ3) is 2.94. The third-order valence-corrected chi connectivity index (χ3v) is 4.66. The van der Waals surface area contributed by atoms with E-state index in [1.54, 1.807) is 0 Å². The second-order valence-corrected chi connectivity index (χ2v) is 6.57. The maximum Gasteiger partial charge on any atom is 0.0376 e. The van der Waals surface area contributed by atoms with Crippen LogP contribution in [0.15, 0.2) is 18.2 Å². The van der Waals surface area contributed by atoms with Gasteiger partial charge in [-0.2, -0.15) is 0 Å². The minimum atomic E-state index is 0.206. The van der Waals surface area contributed by atoms with Crippen molar-refractivity contribution in [2.45, 2.75) is 52.5 Å². The van der Waals surface area contributed by atoms with Crippen molar-refractivity contribution in [1.29, 1.82) is 0 Å². The van der Waals surface area contributed by atoms with Gasteiger partial charge in [-0.25, -0.2) is 0 Å². The molecule has 0 spiro atoms. The molecule has 0 aliphatic carbocycles. The maximum atomic E-state index is 5.79. The molecule has 1 aromatic rings. The fourth-order valence-corrected chi connectivity index (χ4v) is 3.62. The largest absolute Gasteiger partial charge is 0.366 e. The van der Waals surface area contributed by atoms with E-state index in [4.69, 9.17) is 5.73 Å². The average Bonchev–Trinajstić information content (AvgIpc) is 2.30. The first-order valence-electron chi connectivity index (χ1n) is 7.51. The zero-order valence-electron chi connectivity index (χ0n) is 12.9. The summed E-state index contributed by atoms with van der Waals surface area (Å²) < 4.78 is 0. The molecule has 1 unspecified atom stereocenters. The van der Waals surface area contributed by atoms with E-state index in [-0.39, 0.29) is 5.54 Å². The highest BCUT2D eigenvalue weighted by atomic mass is 15.2. The van der Waals surface area contributed by atoms with Crippen LogP contribution in [0.25, 0.3) is 0 Å². The smallest absolute Gasteiger partial charge is 0.0376 e. The number of rotatable bonds is 3. The fourth-order valence-electron chi connectivity index (χ4n) is 3.62. The first-order valence-corrected chi connectivity index (χ1v) is 7.51. The average molecular weight is 260 g/mol. The van der Waals surface area contributed by atoms with E-state index in [0.717, 1.165) is 19.5 Å². The number of benzene rings is 1. The molecular formula is C17H28N2. The number of piperidine rings is 1. The predicted octanol–water partition coefficient (Wildman–Crippen LogP) is 3.65. The normalized spacial score (nSPS) is 22.6. The summed E-state index contributed by atoms with van der Waals surface area (Å²) in [4.78, 5) is 2.59. The summed E-state index contributed by atoms with van der Waals surface area (Å²) in [7, 11) is 0. The number of aryl methyl sites for hydroxylation is 2. The minimum absolute atomic E-state index is 0.206. The Labute approximate surface area is 118 Å². The highest BCUT2D eigenvalue weighted by Crippen LogP contribution is 2.38. The zero-order valence-corrected chi connectivity index (χ0v) is 12.9. The minimum Gasteiger partial charge on any atom is -0.366 e. The van der Waals surface area contributed by atoms with E-state index in [2.05, 4.69) is 50.8 Å². The lowest BCUT2D eigenvalue weighted by molar-refractivity contribution is 0.227. The van der Waals surface area contributed by atoms with Gasteiger partial charge < -0.3 is 10.6 Å². The van der Waals surface area contributed by atoms with Gasteiger partial charge in [0.15, 0.2) is 0 Å². The molecule has 1 saturated heterocycles. The Kier molecular flexibility index (Phi) is 4.19. The molecule has 1 aliphatic rings. The molecule has 0 amide bonds. The van der Waals surface area contributed by atoms with Gasteiger partial charge in [0.2, 0.25) is 0 Å². The van der Waals surface area contributed by atoms with E-state index < -0.39 is 0 Å². The van der Waals surface area contributed by atoms with Crippen molar-refractivity contribution in [2.75, 3.05) is 18.0 Å². The van der Waals surface area contributed by atoms with Crippen LogP contribution in [0.5, 0.6) is 0 Å². The molecule has 1 aliphatic heterocycles. The van der Waals surface area contributed by atoms with E-state index in [9.17, 15) is 0 Å². The number of hydrogen-bond acceptors (Lipinski definition) is 2. The first kappa shape index (κ1) is 14.4. The number of anilines is 1. The molecular weight excluding hydrogens is 232 g/mol.